The first-order valence-electron chi connectivity index (χ1n) is 6.04. The summed E-state index contributed by atoms with van der Waals surface area (Å²) in [6.07, 6.45) is 0. The molecule has 0 saturated heterocycles. The summed E-state index contributed by atoms with van der Waals surface area (Å²) in [5.74, 6) is 0.417. The van der Waals surface area contributed by atoms with Crippen LogP contribution in [0.5, 0.6) is 5.75 Å². The van der Waals surface area contributed by atoms with Gasteiger partial charge in [0.2, 0.25) is 0 Å². The maximum absolute atomic E-state index is 13.9. The van der Waals surface area contributed by atoms with Gasteiger partial charge in [0, 0.05) is 10.0 Å². The largest absolute Gasteiger partial charge is 0.493 e. The highest BCUT2D eigenvalue weighted by molar-refractivity contribution is 9.10. The molecule has 0 aromatic heterocycles. The number of hydrogen-bond acceptors (Lipinski definition) is 1. The van der Waals surface area contributed by atoms with Crippen molar-refractivity contribution in [3.05, 3.63) is 62.3 Å². The van der Waals surface area contributed by atoms with Crippen LogP contribution in [0.4, 0.5) is 4.39 Å². The number of benzene rings is 2. The summed E-state index contributed by atoms with van der Waals surface area (Å²) in [6.45, 7) is 2.51. The Bertz CT molecular complexity index is 619. The normalized spacial score (nSPS) is 12.2. The minimum absolute atomic E-state index is 0.329. The van der Waals surface area contributed by atoms with E-state index in [2.05, 4.69) is 31.9 Å². The van der Waals surface area contributed by atoms with E-state index in [1.807, 2.05) is 25.1 Å². The molecule has 0 saturated carbocycles. The lowest BCUT2D eigenvalue weighted by Gasteiger charge is -2.14. The van der Waals surface area contributed by atoms with Crippen molar-refractivity contribution in [3.63, 3.8) is 0 Å². The van der Waals surface area contributed by atoms with E-state index in [1.54, 1.807) is 12.1 Å². The molecule has 2 aromatic carbocycles. The lowest BCUT2D eigenvalue weighted by Crippen LogP contribution is -1.98. The maximum Gasteiger partial charge on any atom is 0.133 e. The predicted octanol–water partition coefficient (Wildman–Crippen LogP) is 6.08. The van der Waals surface area contributed by atoms with Gasteiger partial charge in [-0.3, -0.25) is 0 Å². The molecule has 20 heavy (non-hydrogen) atoms. The zero-order valence-electron chi connectivity index (χ0n) is 10.7. The summed E-state index contributed by atoms with van der Waals surface area (Å²) in [4.78, 5) is 0. The van der Waals surface area contributed by atoms with Crippen LogP contribution >= 0.6 is 43.5 Å². The number of ether oxygens (including phenoxy) is 1. The van der Waals surface area contributed by atoms with Crippen molar-refractivity contribution in [2.45, 2.75) is 12.3 Å². The molecule has 1 unspecified atom stereocenters. The van der Waals surface area contributed by atoms with E-state index in [0.29, 0.717) is 16.6 Å². The second-order valence-electron chi connectivity index (χ2n) is 4.15. The number of alkyl halides is 1. The van der Waals surface area contributed by atoms with Gasteiger partial charge in [-0.2, -0.15) is 0 Å². The Labute approximate surface area is 139 Å². The van der Waals surface area contributed by atoms with Gasteiger partial charge in [-0.1, -0.05) is 28.1 Å². The van der Waals surface area contributed by atoms with Gasteiger partial charge >= 0.3 is 0 Å². The standard InChI is InChI=1S/C15H12Br2ClFO/c1-2-20-14-6-3-9(7-12(14)17)15(18)11-5-4-10(16)8-13(11)19/h3-8,15H,2H2,1H3. The van der Waals surface area contributed by atoms with Crippen LogP contribution in [0.1, 0.15) is 23.4 Å². The van der Waals surface area contributed by atoms with Crippen molar-refractivity contribution in [1.82, 2.24) is 0 Å². The molecule has 0 heterocycles. The summed E-state index contributed by atoms with van der Waals surface area (Å²) in [5.41, 5.74) is 1.26. The van der Waals surface area contributed by atoms with Crippen LogP contribution in [0.15, 0.2) is 45.3 Å². The molecule has 2 rings (SSSR count). The first kappa shape index (κ1) is 15.8. The van der Waals surface area contributed by atoms with Crippen LogP contribution in [0.3, 0.4) is 0 Å². The van der Waals surface area contributed by atoms with Crippen LogP contribution < -0.4 is 4.74 Å². The van der Waals surface area contributed by atoms with E-state index in [9.17, 15) is 4.39 Å². The lowest BCUT2D eigenvalue weighted by atomic mass is 10.0. The van der Waals surface area contributed by atoms with Gasteiger partial charge in [-0.05, 0) is 52.7 Å². The van der Waals surface area contributed by atoms with Gasteiger partial charge in [0.15, 0.2) is 0 Å². The zero-order valence-corrected chi connectivity index (χ0v) is 14.6. The molecule has 1 atom stereocenters. The molecule has 0 fully saturated rings. The summed E-state index contributed by atoms with van der Waals surface area (Å²) < 4.78 is 20.9. The van der Waals surface area contributed by atoms with Gasteiger partial charge in [-0.25, -0.2) is 4.39 Å². The number of halogens is 4. The SMILES string of the molecule is CCOc1ccc(C(Cl)c2ccc(Br)cc2F)cc1Br. The van der Waals surface area contributed by atoms with Crippen molar-refractivity contribution < 1.29 is 9.13 Å². The molecule has 0 N–H and O–H groups in total. The second kappa shape index (κ2) is 6.92. The Kier molecular flexibility index (Phi) is 5.47. The average Bonchev–Trinajstić information content (AvgIpc) is 2.40. The van der Waals surface area contributed by atoms with E-state index in [4.69, 9.17) is 16.3 Å². The topological polar surface area (TPSA) is 9.23 Å². The minimum atomic E-state index is -0.546. The van der Waals surface area contributed by atoms with Crippen molar-refractivity contribution in [1.29, 1.82) is 0 Å². The smallest absolute Gasteiger partial charge is 0.133 e. The van der Waals surface area contributed by atoms with E-state index in [0.717, 1.165) is 15.8 Å². The second-order valence-corrected chi connectivity index (χ2v) is 6.36. The highest BCUT2D eigenvalue weighted by atomic mass is 79.9. The van der Waals surface area contributed by atoms with Gasteiger partial charge in [0.05, 0.1) is 16.5 Å². The van der Waals surface area contributed by atoms with Crippen LogP contribution in [0.2, 0.25) is 0 Å². The third kappa shape index (κ3) is 3.54. The lowest BCUT2D eigenvalue weighted by molar-refractivity contribution is 0.338. The Morgan fingerprint density at radius 2 is 1.95 bits per heavy atom. The van der Waals surface area contributed by atoms with E-state index in [1.165, 1.54) is 6.07 Å². The summed E-state index contributed by atoms with van der Waals surface area (Å²) in [5, 5.41) is -0.546. The quantitative estimate of drug-likeness (QED) is 0.543. The fraction of sp³-hybridized carbons (Fsp3) is 0.200. The van der Waals surface area contributed by atoms with Crippen LogP contribution in [-0.2, 0) is 0 Å². The molecule has 1 nitrogen and oxygen atoms in total. The zero-order chi connectivity index (χ0) is 14.7. The van der Waals surface area contributed by atoms with Gasteiger partial charge in [0.25, 0.3) is 0 Å². The Hall–Kier alpha value is -0.580. The summed E-state index contributed by atoms with van der Waals surface area (Å²) in [7, 11) is 0. The molecule has 106 valence electrons. The summed E-state index contributed by atoms with van der Waals surface area (Å²) in [6, 6.07) is 10.4. The first-order valence-corrected chi connectivity index (χ1v) is 8.06. The monoisotopic (exact) mass is 420 g/mol. The molecule has 0 amide bonds. The van der Waals surface area contributed by atoms with E-state index >= 15 is 0 Å². The molecule has 0 spiro atoms. The fourth-order valence-electron chi connectivity index (χ4n) is 1.83. The highest BCUT2D eigenvalue weighted by Crippen LogP contribution is 2.35. The van der Waals surface area contributed by atoms with E-state index in [-0.39, 0.29) is 5.82 Å². The van der Waals surface area contributed by atoms with Crippen molar-refractivity contribution in [2.75, 3.05) is 6.61 Å². The van der Waals surface area contributed by atoms with Gasteiger partial charge < -0.3 is 4.74 Å². The van der Waals surface area contributed by atoms with Crippen LogP contribution in [-0.4, -0.2) is 6.61 Å². The third-order valence-corrected chi connectivity index (χ3v) is 4.38. The third-order valence-electron chi connectivity index (χ3n) is 2.78. The molecule has 0 radical (unpaired) electrons. The molecule has 0 aliphatic heterocycles. The van der Waals surface area contributed by atoms with Crippen molar-refractivity contribution >= 4 is 43.5 Å². The summed E-state index contributed by atoms with van der Waals surface area (Å²) >= 11 is 13.0. The maximum atomic E-state index is 13.9. The van der Waals surface area contributed by atoms with Crippen molar-refractivity contribution in [2.24, 2.45) is 0 Å². The Morgan fingerprint density at radius 1 is 1.20 bits per heavy atom. The van der Waals surface area contributed by atoms with Crippen LogP contribution in [0, 0.1) is 5.82 Å². The highest BCUT2D eigenvalue weighted by Gasteiger charge is 2.16. The van der Waals surface area contributed by atoms with Gasteiger partial charge in [0.1, 0.15) is 11.6 Å². The van der Waals surface area contributed by atoms with Gasteiger partial charge in [-0.15, -0.1) is 11.6 Å². The van der Waals surface area contributed by atoms with Crippen LogP contribution in [0.25, 0.3) is 0 Å². The fourth-order valence-corrected chi connectivity index (χ4v) is 2.99. The van der Waals surface area contributed by atoms with Crippen molar-refractivity contribution in [3.8, 4) is 5.75 Å². The Morgan fingerprint density at radius 3 is 2.55 bits per heavy atom. The number of rotatable bonds is 4. The Balaban J connectivity index is 2.33. The molecule has 5 heteroatoms. The molecular weight excluding hydrogens is 410 g/mol. The molecular formula is C15H12Br2ClFO. The predicted molar refractivity (Wildman–Crippen MR) is 87.1 cm³/mol. The minimum Gasteiger partial charge on any atom is -0.493 e. The van der Waals surface area contributed by atoms with E-state index < -0.39 is 5.38 Å². The molecule has 0 aliphatic rings. The molecule has 0 aliphatic carbocycles. The molecule has 0 bridgehead atoms. The average molecular weight is 423 g/mol. The number of hydrogen-bond donors (Lipinski definition) is 0. The first-order chi connectivity index (χ1) is 9.52. The molecule has 2 aromatic rings.